The number of Topliss-reactive ketones (excluding diaryl/α,β-unsaturated/α-hetero) is 1. The third-order valence-electron chi connectivity index (χ3n) is 5.35. The number of benzene rings is 2. The van der Waals surface area contributed by atoms with Gasteiger partial charge in [-0.05, 0) is 47.4 Å². The van der Waals surface area contributed by atoms with E-state index >= 15 is 0 Å². The summed E-state index contributed by atoms with van der Waals surface area (Å²) < 4.78 is 7.11. The zero-order chi connectivity index (χ0) is 21.5. The molecule has 1 unspecified atom stereocenters. The van der Waals surface area contributed by atoms with Gasteiger partial charge in [0, 0.05) is 33.6 Å². The Balaban J connectivity index is 1.84. The van der Waals surface area contributed by atoms with Crippen molar-refractivity contribution in [3.8, 4) is 6.07 Å². The maximum atomic E-state index is 13.1. The molecule has 2 aromatic carbocycles. The van der Waals surface area contributed by atoms with Crippen LogP contribution in [-0.4, -0.2) is 5.78 Å². The van der Waals surface area contributed by atoms with Crippen molar-refractivity contribution in [2.24, 2.45) is 5.41 Å². The summed E-state index contributed by atoms with van der Waals surface area (Å²) in [5.41, 5.74) is 2.42. The SMILES string of the molecule is CC1(C)CC(=O)C2=C(C1)OC(Nc1ccc(Cl)cc1)=C(C#N)C2c1ccc(Br)cc1. The van der Waals surface area contributed by atoms with Crippen LogP contribution >= 0.6 is 27.5 Å². The normalized spacial score (nSPS) is 20.4. The molecule has 0 aromatic heterocycles. The average molecular weight is 484 g/mol. The van der Waals surface area contributed by atoms with Crippen LogP contribution in [0.1, 0.15) is 38.2 Å². The van der Waals surface area contributed by atoms with Gasteiger partial charge in [-0.3, -0.25) is 4.79 Å². The number of hydrogen-bond donors (Lipinski definition) is 1. The molecular formula is C24H20BrClN2O2. The Bertz CT molecular complexity index is 1110. The minimum Gasteiger partial charge on any atom is -0.444 e. The predicted molar refractivity (Wildman–Crippen MR) is 121 cm³/mol. The largest absolute Gasteiger partial charge is 0.444 e. The van der Waals surface area contributed by atoms with Gasteiger partial charge >= 0.3 is 0 Å². The molecule has 1 atom stereocenters. The van der Waals surface area contributed by atoms with E-state index in [1.165, 1.54) is 0 Å². The standard InChI is InChI=1S/C24H20BrClN2O2/c1-24(2)11-19(29)22-20(12-24)30-23(28-17-9-7-16(26)8-10-17)18(13-27)21(22)14-3-5-15(25)6-4-14/h3-10,21,28H,11-12H2,1-2H3. The monoisotopic (exact) mass is 482 g/mol. The topological polar surface area (TPSA) is 62.1 Å². The summed E-state index contributed by atoms with van der Waals surface area (Å²) in [6.07, 6.45) is 1.06. The Kier molecular flexibility index (Phi) is 5.48. The molecule has 4 rings (SSSR count). The Morgan fingerprint density at radius 2 is 1.80 bits per heavy atom. The number of nitrogens with one attached hydrogen (secondary N) is 1. The Hall–Kier alpha value is -2.55. The van der Waals surface area contributed by atoms with Gasteiger partial charge in [0.25, 0.3) is 0 Å². The lowest BCUT2D eigenvalue weighted by Gasteiger charge is -2.38. The van der Waals surface area contributed by atoms with Gasteiger partial charge in [0.15, 0.2) is 5.78 Å². The van der Waals surface area contributed by atoms with Gasteiger partial charge in [-0.15, -0.1) is 0 Å². The van der Waals surface area contributed by atoms with Crippen LogP contribution in [0, 0.1) is 16.7 Å². The molecule has 1 aliphatic carbocycles. The molecule has 2 aliphatic rings. The summed E-state index contributed by atoms with van der Waals surface area (Å²) in [4.78, 5) is 13.1. The second-order valence-corrected chi connectivity index (χ2v) is 9.70. The molecule has 0 saturated carbocycles. The number of nitrogens with zero attached hydrogens (tertiary/aromatic N) is 1. The lowest BCUT2D eigenvalue weighted by molar-refractivity contribution is -0.119. The molecule has 0 amide bonds. The fraction of sp³-hybridized carbons (Fsp3) is 0.250. The average Bonchev–Trinajstić information content (AvgIpc) is 2.68. The summed E-state index contributed by atoms with van der Waals surface area (Å²) in [6, 6.07) is 17.2. The van der Waals surface area contributed by atoms with Crippen molar-refractivity contribution in [3.05, 3.63) is 86.4 Å². The van der Waals surface area contributed by atoms with E-state index < -0.39 is 5.92 Å². The van der Waals surface area contributed by atoms with Crippen LogP contribution in [0.3, 0.4) is 0 Å². The van der Waals surface area contributed by atoms with E-state index in [0.29, 0.717) is 40.7 Å². The number of ether oxygens (including phenoxy) is 1. The van der Waals surface area contributed by atoms with Crippen LogP contribution in [-0.2, 0) is 9.53 Å². The van der Waals surface area contributed by atoms with E-state index in [4.69, 9.17) is 16.3 Å². The van der Waals surface area contributed by atoms with Crippen LogP contribution < -0.4 is 5.32 Å². The maximum absolute atomic E-state index is 13.1. The summed E-state index contributed by atoms with van der Waals surface area (Å²) in [5.74, 6) is 0.564. The molecule has 0 radical (unpaired) electrons. The summed E-state index contributed by atoms with van der Waals surface area (Å²) in [6.45, 7) is 4.12. The van der Waals surface area contributed by atoms with Crippen LogP contribution in [0.2, 0.25) is 5.02 Å². The molecule has 1 heterocycles. The van der Waals surface area contributed by atoms with Crippen molar-refractivity contribution in [1.29, 1.82) is 5.26 Å². The number of anilines is 1. The van der Waals surface area contributed by atoms with Crippen LogP contribution in [0.25, 0.3) is 0 Å². The van der Waals surface area contributed by atoms with Crippen LogP contribution in [0.5, 0.6) is 0 Å². The lowest BCUT2D eigenvalue weighted by Crippen LogP contribution is -2.33. The Morgan fingerprint density at radius 1 is 1.13 bits per heavy atom. The van der Waals surface area contributed by atoms with E-state index in [-0.39, 0.29) is 11.2 Å². The van der Waals surface area contributed by atoms with Gasteiger partial charge in [-0.25, -0.2) is 0 Å². The quantitative estimate of drug-likeness (QED) is 0.527. The van der Waals surface area contributed by atoms with Gasteiger partial charge in [0.1, 0.15) is 17.4 Å². The molecule has 30 heavy (non-hydrogen) atoms. The number of ketones is 1. The first-order valence-electron chi connectivity index (χ1n) is 9.64. The second-order valence-electron chi connectivity index (χ2n) is 8.35. The second kappa shape index (κ2) is 7.94. The third-order valence-corrected chi connectivity index (χ3v) is 6.13. The summed E-state index contributed by atoms with van der Waals surface area (Å²) >= 11 is 9.45. The van der Waals surface area contributed by atoms with Gasteiger partial charge in [0.2, 0.25) is 5.88 Å². The third kappa shape index (κ3) is 4.03. The fourth-order valence-electron chi connectivity index (χ4n) is 4.01. The molecule has 6 heteroatoms. The van der Waals surface area contributed by atoms with Gasteiger partial charge in [-0.1, -0.05) is 53.5 Å². The highest BCUT2D eigenvalue weighted by Crippen LogP contribution is 2.48. The molecule has 0 bridgehead atoms. The highest BCUT2D eigenvalue weighted by molar-refractivity contribution is 9.10. The first kappa shape index (κ1) is 20.7. The minimum absolute atomic E-state index is 0.0347. The molecule has 0 saturated heterocycles. The molecular weight excluding hydrogens is 464 g/mol. The Labute approximate surface area is 189 Å². The first-order valence-corrected chi connectivity index (χ1v) is 10.8. The predicted octanol–water partition coefficient (Wildman–Crippen LogP) is 6.71. The van der Waals surface area contributed by atoms with E-state index in [2.05, 4.69) is 41.2 Å². The zero-order valence-electron chi connectivity index (χ0n) is 16.6. The number of rotatable bonds is 3. The van der Waals surface area contributed by atoms with E-state index in [9.17, 15) is 10.1 Å². The van der Waals surface area contributed by atoms with Crippen molar-refractivity contribution < 1.29 is 9.53 Å². The summed E-state index contributed by atoms with van der Waals surface area (Å²) in [5, 5.41) is 13.9. The molecule has 1 aliphatic heterocycles. The Morgan fingerprint density at radius 3 is 2.43 bits per heavy atom. The van der Waals surface area contributed by atoms with Crippen LogP contribution in [0.15, 0.2) is 75.8 Å². The van der Waals surface area contributed by atoms with Crippen molar-refractivity contribution in [3.63, 3.8) is 0 Å². The molecule has 0 spiro atoms. The highest BCUT2D eigenvalue weighted by Gasteiger charge is 2.43. The van der Waals surface area contributed by atoms with Crippen molar-refractivity contribution in [1.82, 2.24) is 0 Å². The number of allylic oxidation sites excluding steroid dienone is 3. The molecule has 0 fully saturated rings. The van der Waals surface area contributed by atoms with Gasteiger partial charge in [-0.2, -0.15) is 5.26 Å². The number of carbonyl (C=O) groups is 1. The van der Waals surface area contributed by atoms with Crippen molar-refractivity contribution in [2.75, 3.05) is 5.32 Å². The number of carbonyl (C=O) groups excluding carboxylic acids is 1. The number of halogens is 2. The molecule has 1 N–H and O–H groups in total. The lowest BCUT2D eigenvalue weighted by atomic mass is 9.70. The smallest absolute Gasteiger partial charge is 0.212 e. The first-order chi connectivity index (χ1) is 14.3. The summed E-state index contributed by atoms with van der Waals surface area (Å²) in [7, 11) is 0. The molecule has 4 nitrogen and oxygen atoms in total. The zero-order valence-corrected chi connectivity index (χ0v) is 19.0. The minimum atomic E-state index is -0.467. The van der Waals surface area contributed by atoms with E-state index in [0.717, 1.165) is 15.7 Å². The van der Waals surface area contributed by atoms with Gasteiger partial charge < -0.3 is 10.1 Å². The molecule has 152 valence electrons. The fourth-order valence-corrected chi connectivity index (χ4v) is 4.40. The van der Waals surface area contributed by atoms with Crippen molar-refractivity contribution in [2.45, 2.75) is 32.6 Å². The molecule has 2 aromatic rings. The van der Waals surface area contributed by atoms with E-state index in [1.807, 2.05) is 36.4 Å². The highest BCUT2D eigenvalue weighted by atomic mass is 79.9. The number of hydrogen-bond acceptors (Lipinski definition) is 4. The van der Waals surface area contributed by atoms with Gasteiger partial charge in [0.05, 0.1) is 5.92 Å². The number of nitriles is 1. The van der Waals surface area contributed by atoms with E-state index in [1.54, 1.807) is 12.1 Å². The van der Waals surface area contributed by atoms with Crippen molar-refractivity contribution >= 4 is 39.0 Å². The van der Waals surface area contributed by atoms with Crippen LogP contribution in [0.4, 0.5) is 5.69 Å². The maximum Gasteiger partial charge on any atom is 0.212 e.